The van der Waals surface area contributed by atoms with Gasteiger partial charge < -0.3 is 14.6 Å². The van der Waals surface area contributed by atoms with Gasteiger partial charge in [-0.3, -0.25) is 9.59 Å². The molecule has 8 heteroatoms. The molecule has 1 fully saturated rings. The lowest BCUT2D eigenvalue weighted by Crippen LogP contribution is -2.38. The molecule has 1 aliphatic heterocycles. The number of furan rings is 1. The van der Waals surface area contributed by atoms with E-state index in [9.17, 15) is 22.8 Å². The average Bonchev–Trinajstić information content (AvgIpc) is 3.07. The van der Waals surface area contributed by atoms with Gasteiger partial charge in [-0.25, -0.2) is 0 Å². The number of hydrogen-bond donors (Lipinski definition) is 1. The topological polar surface area (TPSA) is 62.6 Å². The zero-order valence-electron chi connectivity index (χ0n) is 15.2. The van der Waals surface area contributed by atoms with E-state index in [4.69, 9.17) is 4.42 Å². The molecule has 0 bridgehead atoms. The van der Waals surface area contributed by atoms with Gasteiger partial charge in [-0.15, -0.1) is 0 Å². The summed E-state index contributed by atoms with van der Waals surface area (Å²) < 4.78 is 43.9. The number of likely N-dealkylation sites (tertiary alicyclic amines) is 1. The zero-order chi connectivity index (χ0) is 20.1. The Bertz CT molecular complexity index is 845. The highest BCUT2D eigenvalue weighted by Crippen LogP contribution is 2.32. The number of carbonyl (C=O) groups excluding carboxylic acids is 2. The molecule has 1 aromatic heterocycles. The van der Waals surface area contributed by atoms with Crippen LogP contribution in [0.5, 0.6) is 0 Å². The van der Waals surface area contributed by atoms with Crippen molar-refractivity contribution in [2.45, 2.75) is 31.9 Å². The van der Waals surface area contributed by atoms with Crippen molar-refractivity contribution >= 4 is 11.8 Å². The second-order valence-corrected chi connectivity index (χ2v) is 6.69. The van der Waals surface area contributed by atoms with Crippen LogP contribution in [0.1, 0.15) is 41.8 Å². The van der Waals surface area contributed by atoms with Crippen LogP contribution >= 0.6 is 0 Å². The third-order valence-corrected chi connectivity index (χ3v) is 4.64. The number of nitrogens with one attached hydrogen (secondary N) is 1. The van der Waals surface area contributed by atoms with Gasteiger partial charge in [-0.1, -0.05) is 18.6 Å². The van der Waals surface area contributed by atoms with Crippen LogP contribution in [-0.2, 0) is 11.0 Å². The van der Waals surface area contributed by atoms with Crippen molar-refractivity contribution in [3.05, 3.63) is 47.7 Å². The Morgan fingerprint density at radius 2 is 1.96 bits per heavy atom. The molecular formula is C20H21F3N2O3. The highest BCUT2D eigenvalue weighted by Gasteiger charge is 2.30. The van der Waals surface area contributed by atoms with Crippen molar-refractivity contribution in [3.63, 3.8) is 0 Å². The number of amides is 2. The molecule has 2 heterocycles. The first kappa shape index (κ1) is 20.0. The second kappa shape index (κ2) is 8.50. The quantitative estimate of drug-likeness (QED) is 0.831. The SMILES string of the molecule is O=C(NCCN1CCCCCC1=O)c1ccc(-c2cccc(C(F)(F)F)c2)o1. The summed E-state index contributed by atoms with van der Waals surface area (Å²) in [6, 6.07) is 7.61. The molecule has 28 heavy (non-hydrogen) atoms. The number of alkyl halides is 3. The molecule has 5 nitrogen and oxygen atoms in total. The third-order valence-electron chi connectivity index (χ3n) is 4.64. The van der Waals surface area contributed by atoms with E-state index in [2.05, 4.69) is 5.32 Å². The highest BCUT2D eigenvalue weighted by molar-refractivity contribution is 5.92. The lowest BCUT2D eigenvalue weighted by Gasteiger charge is -2.20. The van der Waals surface area contributed by atoms with Crippen LogP contribution in [0, 0.1) is 0 Å². The largest absolute Gasteiger partial charge is 0.451 e. The minimum Gasteiger partial charge on any atom is -0.451 e. The summed E-state index contributed by atoms with van der Waals surface area (Å²) in [6.45, 7) is 1.39. The average molecular weight is 394 g/mol. The fourth-order valence-corrected chi connectivity index (χ4v) is 3.13. The van der Waals surface area contributed by atoms with Crippen LogP contribution in [0.15, 0.2) is 40.8 Å². The number of benzene rings is 1. The maximum atomic E-state index is 12.8. The minimum absolute atomic E-state index is 0.00889. The van der Waals surface area contributed by atoms with Gasteiger partial charge in [0.25, 0.3) is 5.91 Å². The molecule has 1 N–H and O–H groups in total. The summed E-state index contributed by atoms with van der Waals surface area (Å²) in [5.41, 5.74) is -0.543. The summed E-state index contributed by atoms with van der Waals surface area (Å²) in [5, 5.41) is 2.68. The lowest BCUT2D eigenvalue weighted by molar-refractivity contribution is -0.137. The molecule has 1 aliphatic rings. The van der Waals surface area contributed by atoms with E-state index in [1.54, 1.807) is 4.90 Å². The van der Waals surface area contributed by atoms with Crippen LogP contribution in [0.2, 0.25) is 0 Å². The van der Waals surface area contributed by atoms with Gasteiger partial charge in [-0.05, 0) is 37.1 Å². The zero-order valence-corrected chi connectivity index (χ0v) is 15.2. The monoisotopic (exact) mass is 394 g/mol. The predicted octanol–water partition coefficient (Wildman–Crippen LogP) is 4.10. The lowest BCUT2D eigenvalue weighted by atomic mass is 10.1. The van der Waals surface area contributed by atoms with Crippen molar-refractivity contribution in [1.82, 2.24) is 10.2 Å². The molecule has 3 rings (SSSR count). The second-order valence-electron chi connectivity index (χ2n) is 6.69. The first-order chi connectivity index (χ1) is 13.3. The predicted molar refractivity (Wildman–Crippen MR) is 96.5 cm³/mol. The Morgan fingerprint density at radius 3 is 2.75 bits per heavy atom. The Balaban J connectivity index is 1.59. The van der Waals surface area contributed by atoms with Crippen molar-refractivity contribution in [2.75, 3.05) is 19.6 Å². The van der Waals surface area contributed by atoms with E-state index in [-0.39, 0.29) is 29.5 Å². The molecule has 2 aromatic rings. The van der Waals surface area contributed by atoms with Crippen molar-refractivity contribution < 1.29 is 27.2 Å². The van der Waals surface area contributed by atoms with Crippen LogP contribution in [-0.4, -0.2) is 36.3 Å². The fraction of sp³-hybridized carbons (Fsp3) is 0.400. The Morgan fingerprint density at radius 1 is 1.14 bits per heavy atom. The van der Waals surface area contributed by atoms with Gasteiger partial charge in [0, 0.05) is 31.6 Å². The summed E-state index contributed by atoms with van der Waals surface area (Å²) in [5.74, 6) is -0.189. The summed E-state index contributed by atoms with van der Waals surface area (Å²) in [4.78, 5) is 25.9. The highest BCUT2D eigenvalue weighted by atomic mass is 19.4. The van der Waals surface area contributed by atoms with E-state index in [0.717, 1.165) is 31.4 Å². The first-order valence-corrected chi connectivity index (χ1v) is 9.18. The molecule has 150 valence electrons. The summed E-state index contributed by atoms with van der Waals surface area (Å²) in [6.07, 6.45) is -1.04. The summed E-state index contributed by atoms with van der Waals surface area (Å²) >= 11 is 0. The van der Waals surface area contributed by atoms with Crippen molar-refractivity contribution in [3.8, 4) is 11.3 Å². The molecule has 1 aromatic carbocycles. The van der Waals surface area contributed by atoms with Crippen molar-refractivity contribution in [2.24, 2.45) is 0 Å². The van der Waals surface area contributed by atoms with Crippen LogP contribution in [0.25, 0.3) is 11.3 Å². The van der Waals surface area contributed by atoms with E-state index < -0.39 is 17.6 Å². The normalized spacial score (nSPS) is 15.4. The Hall–Kier alpha value is -2.77. The standard InChI is InChI=1S/C20H21F3N2O3/c21-20(22,23)15-6-4-5-14(13-15)16-8-9-17(28-16)19(27)24-10-12-25-11-3-1-2-7-18(25)26/h4-6,8-9,13H,1-3,7,10-12H2,(H,24,27). The number of rotatable bonds is 5. The number of carbonyl (C=O) groups is 2. The molecule has 2 amide bonds. The van der Waals surface area contributed by atoms with Gasteiger partial charge >= 0.3 is 6.18 Å². The minimum atomic E-state index is -4.45. The maximum absolute atomic E-state index is 12.8. The van der Waals surface area contributed by atoms with E-state index >= 15 is 0 Å². The van der Waals surface area contributed by atoms with E-state index in [1.807, 2.05) is 0 Å². The van der Waals surface area contributed by atoms with Crippen LogP contribution in [0.4, 0.5) is 13.2 Å². The molecule has 0 aliphatic carbocycles. The van der Waals surface area contributed by atoms with E-state index in [1.165, 1.54) is 24.3 Å². The van der Waals surface area contributed by atoms with Gasteiger partial charge in [0.1, 0.15) is 5.76 Å². The number of nitrogens with zero attached hydrogens (tertiary/aromatic N) is 1. The van der Waals surface area contributed by atoms with Crippen LogP contribution < -0.4 is 5.32 Å². The molecule has 0 saturated carbocycles. The third kappa shape index (κ3) is 4.94. The maximum Gasteiger partial charge on any atom is 0.416 e. The molecule has 0 spiro atoms. The van der Waals surface area contributed by atoms with E-state index in [0.29, 0.717) is 19.5 Å². The molecule has 0 unspecified atom stereocenters. The van der Waals surface area contributed by atoms with Gasteiger partial charge in [0.05, 0.1) is 5.56 Å². The van der Waals surface area contributed by atoms with Gasteiger partial charge in [0.15, 0.2) is 5.76 Å². The summed E-state index contributed by atoms with van der Waals surface area (Å²) in [7, 11) is 0. The molecule has 0 atom stereocenters. The Kier molecular flexibility index (Phi) is 6.06. The van der Waals surface area contributed by atoms with Crippen LogP contribution in [0.3, 0.4) is 0 Å². The first-order valence-electron chi connectivity index (χ1n) is 9.18. The van der Waals surface area contributed by atoms with Crippen molar-refractivity contribution in [1.29, 1.82) is 0 Å². The van der Waals surface area contributed by atoms with Gasteiger partial charge in [-0.2, -0.15) is 13.2 Å². The van der Waals surface area contributed by atoms with Gasteiger partial charge in [0.2, 0.25) is 5.91 Å². The molecule has 0 radical (unpaired) electrons. The number of halogens is 3. The number of hydrogen-bond acceptors (Lipinski definition) is 3. The smallest absolute Gasteiger partial charge is 0.416 e. The molecular weight excluding hydrogens is 373 g/mol. The Labute approximate surface area is 160 Å². The fourth-order valence-electron chi connectivity index (χ4n) is 3.13. The molecule has 1 saturated heterocycles.